The summed E-state index contributed by atoms with van der Waals surface area (Å²) in [6.07, 6.45) is 4.12. The van der Waals surface area contributed by atoms with E-state index in [1.54, 1.807) is 0 Å². The van der Waals surface area contributed by atoms with Crippen LogP contribution in [0, 0.1) is 18.8 Å². The van der Waals surface area contributed by atoms with Crippen molar-refractivity contribution in [3.8, 4) is 11.8 Å². The molecule has 0 spiro atoms. The number of hydrogen-bond donors (Lipinski definition) is 1. The van der Waals surface area contributed by atoms with Gasteiger partial charge in [-0.25, -0.2) is 0 Å². The number of aryl methyl sites for hydroxylation is 1. The number of allylic oxidation sites excluding steroid dienone is 1. The maximum Gasteiger partial charge on any atom is 0.251 e. The van der Waals surface area contributed by atoms with Gasteiger partial charge in [0.1, 0.15) is 0 Å². The summed E-state index contributed by atoms with van der Waals surface area (Å²) in [5.41, 5.74) is 5.92. The topological polar surface area (TPSA) is 29.1 Å². The summed E-state index contributed by atoms with van der Waals surface area (Å²) in [6, 6.07) is 23.3. The second-order valence-corrected chi connectivity index (χ2v) is 6.49. The quantitative estimate of drug-likeness (QED) is 0.620. The number of hydrogen-bond acceptors (Lipinski definition) is 1. The Morgan fingerprint density at radius 3 is 2.36 bits per heavy atom. The molecule has 3 aromatic rings. The Balaban J connectivity index is 1.82. The van der Waals surface area contributed by atoms with Crippen LogP contribution in [0.15, 0.2) is 78.9 Å². The van der Waals surface area contributed by atoms with Gasteiger partial charge in [0.05, 0.1) is 0 Å². The highest BCUT2D eigenvalue weighted by atomic mass is 16.1. The van der Waals surface area contributed by atoms with Gasteiger partial charge in [-0.05, 0) is 54.8 Å². The number of carbonyl (C=O) groups excluding carboxylic acids is 1. The Hall–Kier alpha value is -3.57. The molecule has 0 saturated carbocycles. The van der Waals surface area contributed by atoms with Crippen molar-refractivity contribution >= 4 is 12.0 Å². The molecule has 0 bridgehead atoms. The molecule has 0 saturated heterocycles. The van der Waals surface area contributed by atoms with Gasteiger partial charge in [-0.15, -0.1) is 0 Å². The summed E-state index contributed by atoms with van der Waals surface area (Å²) in [6.45, 7) is 4.54. The van der Waals surface area contributed by atoms with E-state index >= 15 is 0 Å². The van der Waals surface area contributed by atoms with Gasteiger partial charge >= 0.3 is 0 Å². The Bertz CT molecular complexity index is 1050. The van der Waals surface area contributed by atoms with Crippen LogP contribution in [0.3, 0.4) is 0 Å². The van der Waals surface area contributed by atoms with E-state index < -0.39 is 0 Å². The number of carbonyl (C=O) groups is 1. The van der Waals surface area contributed by atoms with E-state index in [-0.39, 0.29) is 5.91 Å². The minimum absolute atomic E-state index is 0.0857. The molecule has 0 unspecified atom stereocenters. The molecular weight excluding hydrogens is 342 g/mol. The van der Waals surface area contributed by atoms with Crippen LogP contribution >= 0.6 is 0 Å². The lowest BCUT2D eigenvalue weighted by Gasteiger charge is -2.07. The third-order valence-electron chi connectivity index (χ3n) is 4.48. The van der Waals surface area contributed by atoms with Crippen LogP contribution in [0.4, 0.5) is 0 Å². The maximum atomic E-state index is 12.3. The van der Waals surface area contributed by atoms with E-state index in [2.05, 4.69) is 36.2 Å². The summed E-state index contributed by atoms with van der Waals surface area (Å²) in [4.78, 5) is 12.3. The minimum atomic E-state index is -0.0857. The molecule has 0 aliphatic carbocycles. The molecule has 2 nitrogen and oxygen atoms in total. The molecule has 28 heavy (non-hydrogen) atoms. The number of rotatable bonds is 4. The van der Waals surface area contributed by atoms with Gasteiger partial charge in [0.15, 0.2) is 0 Å². The molecule has 0 aromatic heterocycles. The molecule has 3 aromatic carbocycles. The highest BCUT2D eigenvalue weighted by molar-refractivity contribution is 5.94. The molecule has 0 aliphatic heterocycles. The fourth-order valence-electron chi connectivity index (χ4n) is 2.98. The second-order valence-electron chi connectivity index (χ2n) is 6.49. The zero-order chi connectivity index (χ0) is 19.8. The summed E-state index contributed by atoms with van der Waals surface area (Å²) < 4.78 is 0. The van der Waals surface area contributed by atoms with Gasteiger partial charge in [-0.1, -0.05) is 72.5 Å². The molecule has 1 N–H and O–H groups in total. The van der Waals surface area contributed by atoms with E-state index in [1.165, 1.54) is 5.56 Å². The zero-order valence-electron chi connectivity index (χ0n) is 16.2. The smallest absolute Gasteiger partial charge is 0.251 e. The third kappa shape index (κ3) is 4.78. The van der Waals surface area contributed by atoms with Crippen LogP contribution in [0.25, 0.3) is 6.08 Å². The third-order valence-corrected chi connectivity index (χ3v) is 4.48. The van der Waals surface area contributed by atoms with Gasteiger partial charge < -0.3 is 5.32 Å². The van der Waals surface area contributed by atoms with Crippen molar-refractivity contribution in [1.82, 2.24) is 5.32 Å². The highest BCUT2D eigenvalue weighted by Crippen LogP contribution is 2.16. The van der Waals surface area contributed by atoms with E-state index in [0.29, 0.717) is 12.1 Å². The molecular formula is C26H23NO. The Morgan fingerprint density at radius 1 is 0.893 bits per heavy atom. The highest BCUT2D eigenvalue weighted by Gasteiger charge is 2.06. The van der Waals surface area contributed by atoms with Crippen LogP contribution in [-0.4, -0.2) is 5.91 Å². The Labute approximate surface area is 166 Å². The van der Waals surface area contributed by atoms with Crippen LogP contribution < -0.4 is 5.32 Å². The van der Waals surface area contributed by atoms with Gasteiger partial charge in [0.25, 0.3) is 5.91 Å². The molecule has 138 valence electrons. The van der Waals surface area contributed by atoms with Crippen molar-refractivity contribution in [2.24, 2.45) is 0 Å². The summed E-state index contributed by atoms with van der Waals surface area (Å²) in [5.74, 6) is 6.50. The summed E-state index contributed by atoms with van der Waals surface area (Å²) in [7, 11) is 0. The minimum Gasteiger partial charge on any atom is -0.348 e. The van der Waals surface area contributed by atoms with Gasteiger partial charge in [-0.3, -0.25) is 4.79 Å². The van der Waals surface area contributed by atoms with E-state index in [0.717, 1.165) is 22.3 Å². The van der Waals surface area contributed by atoms with Crippen molar-refractivity contribution in [1.29, 1.82) is 0 Å². The fraction of sp³-hybridized carbons (Fsp3) is 0.115. The Kier molecular flexibility index (Phi) is 6.44. The number of benzene rings is 3. The van der Waals surface area contributed by atoms with Gasteiger partial charge in [-0.2, -0.15) is 0 Å². The molecule has 0 fully saturated rings. The van der Waals surface area contributed by atoms with Crippen LogP contribution in [0.5, 0.6) is 0 Å². The molecule has 0 heterocycles. The predicted octanol–water partition coefficient (Wildman–Crippen LogP) is 5.36. The van der Waals surface area contributed by atoms with E-state index in [4.69, 9.17) is 0 Å². The molecule has 1 amide bonds. The maximum absolute atomic E-state index is 12.3. The first-order chi connectivity index (χ1) is 13.7. The molecule has 0 radical (unpaired) electrons. The van der Waals surface area contributed by atoms with Crippen LogP contribution in [0.1, 0.15) is 45.1 Å². The van der Waals surface area contributed by atoms with Crippen molar-refractivity contribution in [2.75, 3.05) is 0 Å². The molecule has 0 aliphatic rings. The van der Waals surface area contributed by atoms with Crippen molar-refractivity contribution in [3.05, 3.63) is 112 Å². The van der Waals surface area contributed by atoms with Gasteiger partial charge in [0.2, 0.25) is 0 Å². The average Bonchev–Trinajstić information content (AvgIpc) is 2.73. The van der Waals surface area contributed by atoms with Crippen molar-refractivity contribution in [2.45, 2.75) is 20.4 Å². The average molecular weight is 365 g/mol. The monoisotopic (exact) mass is 365 g/mol. The van der Waals surface area contributed by atoms with Crippen molar-refractivity contribution < 1.29 is 4.79 Å². The largest absolute Gasteiger partial charge is 0.348 e. The standard InChI is InChI=1S/C26H23NO/c1-3-10-25-20(2)11-9-16-22(25)18-17-21-12-7-8-15-24(21)19-27-26(28)23-13-5-4-6-14-23/h3-16H,19H2,1-2H3,(H,27,28)/b10-3-. The lowest BCUT2D eigenvalue weighted by Crippen LogP contribution is -2.23. The molecule has 3 rings (SSSR count). The predicted molar refractivity (Wildman–Crippen MR) is 116 cm³/mol. The fourth-order valence-corrected chi connectivity index (χ4v) is 2.98. The zero-order valence-corrected chi connectivity index (χ0v) is 16.2. The Morgan fingerprint density at radius 2 is 1.57 bits per heavy atom. The van der Waals surface area contributed by atoms with Crippen LogP contribution in [-0.2, 0) is 6.54 Å². The van der Waals surface area contributed by atoms with Crippen molar-refractivity contribution in [3.63, 3.8) is 0 Å². The first kappa shape index (κ1) is 19.2. The molecule has 0 atom stereocenters. The lowest BCUT2D eigenvalue weighted by atomic mass is 10.0. The van der Waals surface area contributed by atoms with E-state index in [1.807, 2.05) is 79.7 Å². The first-order valence-corrected chi connectivity index (χ1v) is 9.34. The molecule has 2 heteroatoms. The van der Waals surface area contributed by atoms with Crippen LogP contribution in [0.2, 0.25) is 0 Å². The van der Waals surface area contributed by atoms with E-state index in [9.17, 15) is 4.79 Å². The SMILES string of the molecule is C/C=C\c1c(C)cccc1C#Cc1ccccc1CNC(=O)c1ccccc1. The normalized spacial score (nSPS) is 10.4. The summed E-state index contributed by atoms with van der Waals surface area (Å²) >= 11 is 0. The number of amides is 1. The summed E-state index contributed by atoms with van der Waals surface area (Å²) in [5, 5.41) is 2.98. The first-order valence-electron chi connectivity index (χ1n) is 9.34. The lowest BCUT2D eigenvalue weighted by molar-refractivity contribution is 0.0951. The van der Waals surface area contributed by atoms with Gasteiger partial charge in [0, 0.05) is 23.2 Å². The second kappa shape index (κ2) is 9.39. The number of nitrogens with one attached hydrogen (secondary N) is 1.